The third-order valence-corrected chi connectivity index (χ3v) is 6.77. The fraction of sp³-hybridized carbons (Fsp3) is 0.185. The van der Waals surface area contributed by atoms with Gasteiger partial charge >= 0.3 is 0 Å². The second-order valence-corrected chi connectivity index (χ2v) is 9.20. The van der Waals surface area contributed by atoms with Gasteiger partial charge in [-0.25, -0.2) is 14.3 Å². The highest BCUT2D eigenvalue weighted by Gasteiger charge is 2.42. The Morgan fingerprint density at radius 2 is 1.77 bits per heavy atom. The number of fused-ring (bicyclic) bond motifs is 3. The summed E-state index contributed by atoms with van der Waals surface area (Å²) < 4.78 is 13.6. The minimum atomic E-state index is -0.812. The quantitative estimate of drug-likeness (QED) is 0.536. The number of carbonyl (C=O) groups excluding carboxylic acids is 2. The minimum absolute atomic E-state index is 0.0301. The zero-order chi connectivity index (χ0) is 24.2. The molecule has 0 aromatic heterocycles. The van der Waals surface area contributed by atoms with Crippen LogP contribution in [0, 0.1) is 5.82 Å². The van der Waals surface area contributed by atoms with Gasteiger partial charge in [-0.15, -0.1) is 0 Å². The van der Waals surface area contributed by atoms with Crippen LogP contribution in [-0.4, -0.2) is 40.3 Å². The summed E-state index contributed by atoms with van der Waals surface area (Å²) in [6.07, 6.45) is 0.685. The van der Waals surface area contributed by atoms with Gasteiger partial charge in [0.05, 0.1) is 12.1 Å². The maximum absolute atomic E-state index is 13.6. The molecule has 5 rings (SSSR count). The topological polar surface area (TPSA) is 74.1 Å². The Kier molecular flexibility index (Phi) is 6.72. The summed E-state index contributed by atoms with van der Waals surface area (Å²) in [5.41, 5.74) is 3.39. The molecule has 3 aromatic rings. The molecular weight excluding hydrogens is 463 g/mol. The molecule has 176 valence electrons. The lowest BCUT2D eigenvalue weighted by Crippen LogP contribution is -2.42. The summed E-state index contributed by atoms with van der Waals surface area (Å²) in [5, 5.41) is 3.37. The van der Waals surface area contributed by atoms with Crippen LogP contribution >= 0.6 is 11.8 Å². The fourth-order valence-electron chi connectivity index (χ4n) is 4.05. The maximum Gasteiger partial charge on any atom is 0.259 e. The van der Waals surface area contributed by atoms with Crippen LogP contribution in [0.2, 0.25) is 0 Å². The summed E-state index contributed by atoms with van der Waals surface area (Å²) in [6, 6.07) is 22.9. The Bertz CT molecular complexity index is 1330. The number of benzene rings is 3. The molecule has 2 aliphatic heterocycles. The Morgan fingerprint density at radius 1 is 1.00 bits per heavy atom. The van der Waals surface area contributed by atoms with E-state index in [1.165, 1.54) is 28.8 Å². The highest BCUT2D eigenvalue weighted by atomic mass is 32.2. The monoisotopic (exact) mass is 486 g/mol. The maximum atomic E-state index is 13.6. The van der Waals surface area contributed by atoms with E-state index in [1.807, 2.05) is 60.7 Å². The average molecular weight is 487 g/mol. The SMILES string of the molecule is O=C(CC1N=C2c3ccccc3N=C(SCc3cccc(F)c3)N2C1=O)NCCc1ccccc1. The Morgan fingerprint density at radius 3 is 2.60 bits per heavy atom. The first-order valence-corrected chi connectivity index (χ1v) is 12.3. The predicted molar refractivity (Wildman–Crippen MR) is 136 cm³/mol. The number of para-hydroxylation sites is 1. The molecule has 0 bridgehead atoms. The van der Waals surface area contributed by atoms with Gasteiger partial charge in [0.25, 0.3) is 5.91 Å². The van der Waals surface area contributed by atoms with Crippen molar-refractivity contribution >= 4 is 40.3 Å². The van der Waals surface area contributed by atoms with Crippen LogP contribution < -0.4 is 5.32 Å². The van der Waals surface area contributed by atoms with Crippen molar-refractivity contribution in [3.8, 4) is 0 Å². The molecule has 35 heavy (non-hydrogen) atoms. The fourth-order valence-corrected chi connectivity index (χ4v) is 4.99. The molecule has 2 aliphatic rings. The molecule has 0 aliphatic carbocycles. The van der Waals surface area contributed by atoms with E-state index in [9.17, 15) is 14.0 Å². The number of hydrogen-bond acceptors (Lipinski definition) is 5. The van der Waals surface area contributed by atoms with Crippen molar-refractivity contribution in [2.45, 2.75) is 24.6 Å². The van der Waals surface area contributed by atoms with Gasteiger partial charge in [0.15, 0.2) is 5.17 Å². The van der Waals surface area contributed by atoms with Gasteiger partial charge in [0, 0.05) is 17.9 Å². The number of carbonyl (C=O) groups is 2. The number of thioether (sulfide) groups is 1. The van der Waals surface area contributed by atoms with E-state index in [-0.39, 0.29) is 24.1 Å². The summed E-state index contributed by atoms with van der Waals surface area (Å²) in [5.74, 6) is 0.141. The van der Waals surface area contributed by atoms with Crippen LogP contribution in [-0.2, 0) is 21.8 Å². The Balaban J connectivity index is 1.29. The molecule has 2 amide bonds. The first-order chi connectivity index (χ1) is 17.1. The van der Waals surface area contributed by atoms with Gasteiger partial charge in [0.1, 0.15) is 17.7 Å². The van der Waals surface area contributed by atoms with E-state index in [0.717, 1.165) is 16.7 Å². The lowest BCUT2D eigenvalue weighted by Gasteiger charge is -2.25. The van der Waals surface area contributed by atoms with Gasteiger partial charge in [-0.3, -0.25) is 14.6 Å². The summed E-state index contributed by atoms with van der Waals surface area (Å²) in [4.78, 5) is 36.7. The van der Waals surface area contributed by atoms with E-state index in [1.54, 1.807) is 6.07 Å². The highest BCUT2D eigenvalue weighted by molar-refractivity contribution is 8.13. The van der Waals surface area contributed by atoms with Crippen LogP contribution in [0.25, 0.3) is 0 Å². The molecule has 1 N–H and O–H groups in total. The second kappa shape index (κ2) is 10.2. The molecule has 8 heteroatoms. The third kappa shape index (κ3) is 5.17. The van der Waals surface area contributed by atoms with Crippen LogP contribution in [0.3, 0.4) is 0 Å². The molecule has 6 nitrogen and oxygen atoms in total. The van der Waals surface area contributed by atoms with Crippen molar-refractivity contribution in [3.05, 3.63) is 101 Å². The lowest BCUT2D eigenvalue weighted by molar-refractivity contribution is -0.128. The van der Waals surface area contributed by atoms with Crippen molar-refractivity contribution in [2.24, 2.45) is 9.98 Å². The van der Waals surface area contributed by atoms with E-state index in [4.69, 9.17) is 0 Å². The standard InChI is InChI=1S/C27H23FN4O2S/c28-20-10-6-9-19(15-20)17-35-27-31-22-12-5-4-11-21(22)25-30-23(26(34)32(25)27)16-24(33)29-14-13-18-7-2-1-3-8-18/h1-12,15,23H,13-14,16-17H2,(H,29,33). The van der Waals surface area contributed by atoms with E-state index in [0.29, 0.717) is 35.4 Å². The molecule has 2 heterocycles. The smallest absolute Gasteiger partial charge is 0.259 e. The van der Waals surface area contributed by atoms with Crippen LogP contribution in [0.4, 0.5) is 10.1 Å². The van der Waals surface area contributed by atoms with Crippen molar-refractivity contribution in [1.29, 1.82) is 0 Å². The van der Waals surface area contributed by atoms with Gasteiger partial charge in [-0.1, -0.05) is 66.4 Å². The summed E-state index contributed by atoms with van der Waals surface area (Å²) in [6.45, 7) is 0.489. The van der Waals surface area contributed by atoms with Gasteiger partial charge in [0.2, 0.25) is 5.91 Å². The number of amides is 2. The number of aliphatic imine (C=N–C) groups is 2. The highest BCUT2D eigenvalue weighted by Crippen LogP contribution is 2.34. The number of nitrogens with zero attached hydrogens (tertiary/aromatic N) is 3. The van der Waals surface area contributed by atoms with E-state index in [2.05, 4.69) is 15.3 Å². The number of amidine groups is 2. The number of hydrogen-bond donors (Lipinski definition) is 1. The van der Waals surface area contributed by atoms with Crippen molar-refractivity contribution < 1.29 is 14.0 Å². The van der Waals surface area contributed by atoms with E-state index >= 15 is 0 Å². The average Bonchev–Trinajstić information content (AvgIpc) is 3.19. The largest absolute Gasteiger partial charge is 0.356 e. The predicted octanol–water partition coefficient (Wildman–Crippen LogP) is 4.47. The second-order valence-electron chi connectivity index (χ2n) is 8.26. The number of rotatable bonds is 7. The normalized spacial score (nSPS) is 16.3. The molecule has 0 saturated carbocycles. The molecule has 0 spiro atoms. The van der Waals surface area contributed by atoms with Crippen LogP contribution in [0.5, 0.6) is 0 Å². The minimum Gasteiger partial charge on any atom is -0.356 e. The first-order valence-electron chi connectivity index (χ1n) is 11.4. The van der Waals surface area contributed by atoms with Gasteiger partial charge in [-0.05, 0) is 41.8 Å². The summed E-state index contributed by atoms with van der Waals surface area (Å²) in [7, 11) is 0. The van der Waals surface area contributed by atoms with Crippen molar-refractivity contribution in [2.75, 3.05) is 6.54 Å². The lowest BCUT2D eigenvalue weighted by atomic mass is 10.1. The molecule has 0 fully saturated rings. The Labute approximate surface area is 207 Å². The first kappa shape index (κ1) is 23.0. The molecule has 3 aromatic carbocycles. The molecule has 0 saturated heterocycles. The van der Waals surface area contributed by atoms with Crippen molar-refractivity contribution in [1.82, 2.24) is 10.2 Å². The third-order valence-electron chi connectivity index (χ3n) is 5.76. The molecule has 1 unspecified atom stereocenters. The Hall–Kier alpha value is -3.78. The number of halogens is 1. The van der Waals surface area contributed by atoms with Crippen LogP contribution in [0.15, 0.2) is 88.8 Å². The molecule has 0 radical (unpaired) electrons. The van der Waals surface area contributed by atoms with Gasteiger partial charge < -0.3 is 5.32 Å². The van der Waals surface area contributed by atoms with Crippen LogP contribution in [0.1, 0.15) is 23.1 Å². The molecular formula is C27H23FN4O2S. The zero-order valence-electron chi connectivity index (χ0n) is 18.9. The zero-order valence-corrected chi connectivity index (χ0v) is 19.7. The molecule has 1 atom stereocenters. The van der Waals surface area contributed by atoms with Gasteiger partial charge in [-0.2, -0.15) is 0 Å². The number of nitrogens with one attached hydrogen (secondary N) is 1. The summed E-state index contributed by atoms with van der Waals surface area (Å²) >= 11 is 1.34. The van der Waals surface area contributed by atoms with E-state index < -0.39 is 6.04 Å². The van der Waals surface area contributed by atoms with Crippen molar-refractivity contribution in [3.63, 3.8) is 0 Å².